The molecular weight excluding hydrogens is 421 g/mol. The summed E-state index contributed by atoms with van der Waals surface area (Å²) < 4.78 is 0.846. The van der Waals surface area contributed by atoms with E-state index in [0.717, 1.165) is 4.46 Å². The molecule has 28 heavy (non-hydrogen) atoms. The third-order valence-corrected chi connectivity index (χ3v) is 6.23. The van der Waals surface area contributed by atoms with Gasteiger partial charge in [-0.15, -0.1) is 0 Å². The number of rotatable bonds is 7. The SMILES string of the molecule is O=C(O)c1ccc(NC(=O)c2ccccc2[Se]CC(=O)c2ccccc2)cc1. The molecule has 1 amide bonds. The number of nitrogens with one attached hydrogen (secondary N) is 1. The molecule has 0 spiro atoms. The van der Waals surface area contributed by atoms with Gasteiger partial charge in [0, 0.05) is 0 Å². The van der Waals surface area contributed by atoms with Crippen LogP contribution in [0.2, 0.25) is 5.32 Å². The van der Waals surface area contributed by atoms with Gasteiger partial charge < -0.3 is 0 Å². The van der Waals surface area contributed by atoms with Gasteiger partial charge in [0.05, 0.1) is 0 Å². The van der Waals surface area contributed by atoms with Crippen LogP contribution >= 0.6 is 0 Å². The molecule has 0 aromatic heterocycles. The molecule has 6 heteroatoms. The van der Waals surface area contributed by atoms with Crippen LogP contribution in [0.4, 0.5) is 5.69 Å². The summed E-state index contributed by atoms with van der Waals surface area (Å²) in [6.07, 6.45) is 0. The fourth-order valence-corrected chi connectivity index (χ4v) is 4.51. The van der Waals surface area contributed by atoms with Gasteiger partial charge in [0.2, 0.25) is 0 Å². The summed E-state index contributed by atoms with van der Waals surface area (Å²) in [5, 5.41) is 12.1. The monoisotopic (exact) mass is 439 g/mol. The Morgan fingerprint density at radius 1 is 0.786 bits per heavy atom. The summed E-state index contributed by atoms with van der Waals surface area (Å²) in [6, 6.07) is 22.3. The van der Waals surface area contributed by atoms with Crippen LogP contribution in [0.25, 0.3) is 0 Å². The maximum absolute atomic E-state index is 12.7. The number of aromatic carboxylic acids is 1. The molecule has 0 radical (unpaired) electrons. The molecule has 0 heterocycles. The van der Waals surface area contributed by atoms with Crippen molar-refractivity contribution in [2.75, 3.05) is 5.32 Å². The van der Waals surface area contributed by atoms with Gasteiger partial charge in [-0.1, -0.05) is 0 Å². The second-order valence-corrected chi connectivity index (χ2v) is 8.04. The Bertz CT molecular complexity index is 1000. The Kier molecular flexibility index (Phi) is 6.37. The van der Waals surface area contributed by atoms with Crippen molar-refractivity contribution in [2.24, 2.45) is 0 Å². The maximum atomic E-state index is 12.7. The topological polar surface area (TPSA) is 83.5 Å². The van der Waals surface area contributed by atoms with E-state index in [1.165, 1.54) is 12.1 Å². The van der Waals surface area contributed by atoms with Crippen molar-refractivity contribution < 1.29 is 19.5 Å². The fraction of sp³-hybridized carbons (Fsp3) is 0.0455. The normalized spacial score (nSPS) is 10.3. The van der Waals surface area contributed by atoms with Crippen molar-refractivity contribution in [1.82, 2.24) is 0 Å². The Morgan fingerprint density at radius 3 is 2.11 bits per heavy atom. The van der Waals surface area contributed by atoms with E-state index in [1.54, 1.807) is 36.4 Å². The molecule has 0 fully saturated rings. The molecular formula is C22H17NO4Se. The molecule has 0 saturated heterocycles. The van der Waals surface area contributed by atoms with Crippen molar-refractivity contribution in [3.8, 4) is 0 Å². The summed E-state index contributed by atoms with van der Waals surface area (Å²) in [4.78, 5) is 35.9. The molecule has 3 aromatic rings. The molecule has 0 aliphatic heterocycles. The first-order valence-electron chi connectivity index (χ1n) is 8.49. The Hall–Kier alpha value is -3.21. The number of ketones is 1. The van der Waals surface area contributed by atoms with Gasteiger partial charge in [0.15, 0.2) is 0 Å². The van der Waals surface area contributed by atoms with E-state index >= 15 is 0 Å². The number of hydrogen-bond donors (Lipinski definition) is 2. The van der Waals surface area contributed by atoms with Crippen LogP contribution in [-0.2, 0) is 0 Å². The zero-order valence-electron chi connectivity index (χ0n) is 14.8. The van der Waals surface area contributed by atoms with E-state index in [-0.39, 0.29) is 32.2 Å². The minimum absolute atomic E-state index is 0.0556. The Labute approximate surface area is 168 Å². The molecule has 140 valence electrons. The zero-order valence-corrected chi connectivity index (χ0v) is 16.5. The van der Waals surface area contributed by atoms with Crippen LogP contribution in [0, 0.1) is 0 Å². The second-order valence-electron chi connectivity index (χ2n) is 5.91. The summed E-state index contributed by atoms with van der Waals surface area (Å²) in [6.45, 7) is 0. The van der Waals surface area contributed by atoms with E-state index in [9.17, 15) is 14.4 Å². The number of amides is 1. The molecule has 3 aromatic carbocycles. The average molecular weight is 438 g/mol. The van der Waals surface area contributed by atoms with Gasteiger partial charge in [0.25, 0.3) is 0 Å². The van der Waals surface area contributed by atoms with Crippen LogP contribution in [0.5, 0.6) is 0 Å². The number of anilines is 1. The third-order valence-electron chi connectivity index (χ3n) is 3.98. The van der Waals surface area contributed by atoms with E-state index in [4.69, 9.17) is 5.11 Å². The number of carboxylic acid groups (broad SMARTS) is 1. The van der Waals surface area contributed by atoms with E-state index in [0.29, 0.717) is 22.1 Å². The predicted molar refractivity (Wildman–Crippen MR) is 109 cm³/mol. The Balaban J connectivity index is 1.69. The quantitative estimate of drug-likeness (QED) is 0.438. The average Bonchev–Trinajstić information content (AvgIpc) is 2.73. The van der Waals surface area contributed by atoms with Crippen molar-refractivity contribution in [3.63, 3.8) is 0 Å². The predicted octanol–water partition coefficient (Wildman–Crippen LogP) is 3.27. The van der Waals surface area contributed by atoms with Crippen LogP contribution in [-0.4, -0.2) is 37.7 Å². The van der Waals surface area contributed by atoms with Crippen molar-refractivity contribution in [3.05, 3.63) is 95.6 Å². The van der Waals surface area contributed by atoms with Gasteiger partial charge in [-0.05, 0) is 0 Å². The molecule has 0 unspecified atom stereocenters. The minimum atomic E-state index is -1.02. The molecule has 0 saturated carbocycles. The standard InChI is InChI=1S/C22H17NO4Se/c24-19(15-6-2-1-3-7-15)14-28-20-9-5-4-8-18(20)21(25)23-17-12-10-16(11-13-17)22(26)27/h1-13H,14H2,(H,23,25)(H,26,27). The van der Waals surface area contributed by atoms with Crippen molar-refractivity contribution in [1.29, 1.82) is 0 Å². The van der Waals surface area contributed by atoms with Crippen LogP contribution < -0.4 is 9.78 Å². The summed E-state index contributed by atoms with van der Waals surface area (Å²) in [5.74, 6) is -1.25. The molecule has 0 aliphatic carbocycles. The summed E-state index contributed by atoms with van der Waals surface area (Å²) >= 11 is -0.186. The van der Waals surface area contributed by atoms with E-state index in [1.807, 2.05) is 30.3 Å². The van der Waals surface area contributed by atoms with Crippen molar-refractivity contribution >= 4 is 42.8 Å². The first-order chi connectivity index (χ1) is 13.5. The third kappa shape index (κ3) is 4.94. The Morgan fingerprint density at radius 2 is 1.43 bits per heavy atom. The van der Waals surface area contributed by atoms with Crippen LogP contribution in [0.3, 0.4) is 0 Å². The van der Waals surface area contributed by atoms with Crippen LogP contribution in [0.15, 0.2) is 78.9 Å². The number of carbonyl (C=O) groups is 3. The van der Waals surface area contributed by atoms with Crippen LogP contribution in [0.1, 0.15) is 31.1 Å². The zero-order chi connectivity index (χ0) is 19.9. The van der Waals surface area contributed by atoms with Gasteiger partial charge >= 0.3 is 168 Å². The summed E-state index contributed by atoms with van der Waals surface area (Å²) in [5.41, 5.74) is 1.86. The van der Waals surface area contributed by atoms with Crippen molar-refractivity contribution in [2.45, 2.75) is 5.32 Å². The van der Waals surface area contributed by atoms with E-state index < -0.39 is 5.97 Å². The number of carbonyl (C=O) groups excluding carboxylic acids is 2. The number of carboxylic acids is 1. The molecule has 5 nitrogen and oxygen atoms in total. The number of benzene rings is 3. The van der Waals surface area contributed by atoms with Gasteiger partial charge in [-0.3, -0.25) is 0 Å². The molecule has 0 bridgehead atoms. The molecule has 0 atom stereocenters. The first-order valence-corrected chi connectivity index (χ1v) is 10.6. The summed E-state index contributed by atoms with van der Waals surface area (Å²) in [7, 11) is 0. The first kappa shape index (κ1) is 19.5. The fourth-order valence-electron chi connectivity index (χ4n) is 2.53. The molecule has 3 rings (SSSR count). The number of hydrogen-bond acceptors (Lipinski definition) is 3. The number of Topliss-reactive ketones (excluding diaryl/α,β-unsaturated/α-hetero) is 1. The second kappa shape index (κ2) is 9.13. The van der Waals surface area contributed by atoms with Gasteiger partial charge in [-0.25, -0.2) is 0 Å². The van der Waals surface area contributed by atoms with E-state index in [2.05, 4.69) is 5.32 Å². The molecule has 0 aliphatic rings. The van der Waals surface area contributed by atoms with Gasteiger partial charge in [-0.2, -0.15) is 0 Å². The van der Waals surface area contributed by atoms with Gasteiger partial charge in [0.1, 0.15) is 0 Å². The molecule has 2 N–H and O–H groups in total.